The summed E-state index contributed by atoms with van der Waals surface area (Å²) in [5.41, 5.74) is 1.43. The van der Waals surface area contributed by atoms with Gasteiger partial charge in [-0.1, -0.05) is 12.1 Å². The van der Waals surface area contributed by atoms with Crippen molar-refractivity contribution in [2.45, 2.75) is 18.4 Å². The van der Waals surface area contributed by atoms with E-state index >= 15 is 0 Å². The number of carbonyl (C=O) groups excluding carboxylic acids is 1. The Morgan fingerprint density at radius 1 is 1.19 bits per heavy atom. The van der Waals surface area contributed by atoms with E-state index in [0.29, 0.717) is 11.3 Å². The highest BCUT2D eigenvalue weighted by Crippen LogP contribution is 2.43. The molecule has 0 spiro atoms. The number of amides is 1. The Hall–Kier alpha value is -3.70. The molecule has 3 N–H and O–H groups in total. The van der Waals surface area contributed by atoms with Crippen molar-refractivity contribution in [3.63, 3.8) is 0 Å². The summed E-state index contributed by atoms with van der Waals surface area (Å²) in [5, 5.41) is 24.7. The second kappa shape index (κ2) is 7.85. The highest BCUT2D eigenvalue weighted by Gasteiger charge is 2.47. The zero-order chi connectivity index (χ0) is 22.2. The molecular weight excluding hydrogens is 415 g/mol. The number of methoxy groups -OCH3 is 1. The van der Waals surface area contributed by atoms with Crippen LogP contribution in [0.5, 0.6) is 5.75 Å². The van der Waals surface area contributed by atoms with Gasteiger partial charge >= 0.3 is 0 Å². The molecule has 0 saturated carbocycles. The molecular formula is C23H19FN4O2S. The van der Waals surface area contributed by atoms with Gasteiger partial charge in [-0.25, -0.2) is 4.39 Å². The standard InChI is InChI=1S/C23H19FN4O2S/c1-23(19-10-16(12-31-19)15-7-13(11-25)8-17(24)9-15)20(21(29)27-22(26)28-23)14-3-5-18(30-2)6-4-14/h3-10,12,20H,1-2H3,(H3,26,27,28,29)/t20?,23-/m1/s1. The predicted molar refractivity (Wildman–Crippen MR) is 117 cm³/mol. The first-order valence-electron chi connectivity index (χ1n) is 9.45. The van der Waals surface area contributed by atoms with Crippen molar-refractivity contribution in [1.82, 2.24) is 10.6 Å². The van der Waals surface area contributed by atoms with Crippen molar-refractivity contribution in [3.8, 4) is 22.9 Å². The lowest BCUT2D eigenvalue weighted by molar-refractivity contribution is -0.123. The van der Waals surface area contributed by atoms with Crippen LogP contribution in [-0.2, 0) is 10.3 Å². The number of halogens is 1. The number of hydrogen-bond donors (Lipinski definition) is 3. The summed E-state index contributed by atoms with van der Waals surface area (Å²) in [5.74, 6) is -0.781. The minimum absolute atomic E-state index is 0.0790. The van der Waals surface area contributed by atoms with Crippen molar-refractivity contribution < 1.29 is 13.9 Å². The smallest absolute Gasteiger partial charge is 0.236 e. The molecule has 31 heavy (non-hydrogen) atoms. The summed E-state index contributed by atoms with van der Waals surface area (Å²) in [6, 6.07) is 15.3. The normalized spacial score (nSPS) is 20.5. The molecule has 0 radical (unpaired) electrons. The van der Waals surface area contributed by atoms with Crippen LogP contribution in [0.4, 0.5) is 4.39 Å². The predicted octanol–water partition coefficient (Wildman–Crippen LogP) is 4.09. The average Bonchev–Trinajstić information content (AvgIpc) is 3.24. The summed E-state index contributed by atoms with van der Waals surface area (Å²) in [6.07, 6.45) is 0. The first-order chi connectivity index (χ1) is 14.8. The Morgan fingerprint density at radius 3 is 2.61 bits per heavy atom. The molecule has 3 aromatic rings. The molecule has 2 aromatic carbocycles. The Morgan fingerprint density at radius 2 is 1.94 bits per heavy atom. The summed E-state index contributed by atoms with van der Waals surface area (Å²) in [7, 11) is 1.58. The molecule has 2 heterocycles. The van der Waals surface area contributed by atoms with Crippen molar-refractivity contribution in [2.24, 2.45) is 0 Å². The van der Waals surface area contributed by atoms with Gasteiger partial charge in [0.1, 0.15) is 11.6 Å². The second-order valence-electron chi connectivity index (χ2n) is 7.44. The molecule has 1 saturated heterocycles. The van der Waals surface area contributed by atoms with Gasteiger partial charge in [-0.3, -0.25) is 15.5 Å². The third kappa shape index (κ3) is 3.76. The van der Waals surface area contributed by atoms with E-state index in [1.54, 1.807) is 25.3 Å². The molecule has 156 valence electrons. The molecule has 1 amide bonds. The van der Waals surface area contributed by atoms with Crippen LogP contribution < -0.4 is 15.4 Å². The lowest BCUT2D eigenvalue weighted by atomic mass is 9.77. The molecule has 2 atom stereocenters. The minimum atomic E-state index is -0.900. The summed E-state index contributed by atoms with van der Waals surface area (Å²) >= 11 is 1.41. The maximum absolute atomic E-state index is 13.9. The van der Waals surface area contributed by atoms with Gasteiger partial charge in [0.15, 0.2) is 5.96 Å². The first-order valence-corrected chi connectivity index (χ1v) is 10.3. The van der Waals surface area contributed by atoms with E-state index in [9.17, 15) is 9.18 Å². The molecule has 1 aliphatic rings. The number of hydrogen-bond acceptors (Lipinski definition) is 5. The maximum Gasteiger partial charge on any atom is 0.236 e. The van der Waals surface area contributed by atoms with Crippen LogP contribution in [0.2, 0.25) is 0 Å². The zero-order valence-electron chi connectivity index (χ0n) is 16.8. The van der Waals surface area contributed by atoms with Crippen LogP contribution in [-0.4, -0.2) is 19.0 Å². The van der Waals surface area contributed by atoms with Gasteiger partial charge in [-0.15, -0.1) is 11.3 Å². The molecule has 1 fully saturated rings. The molecule has 1 aromatic heterocycles. The second-order valence-corrected chi connectivity index (χ2v) is 8.35. The van der Waals surface area contributed by atoms with Crippen molar-refractivity contribution >= 4 is 23.2 Å². The van der Waals surface area contributed by atoms with E-state index in [2.05, 4.69) is 10.6 Å². The van der Waals surface area contributed by atoms with E-state index in [-0.39, 0.29) is 17.4 Å². The number of nitrogens with zero attached hydrogens (tertiary/aromatic N) is 1. The number of guanidine groups is 1. The van der Waals surface area contributed by atoms with E-state index in [1.165, 1.54) is 23.5 Å². The highest BCUT2D eigenvalue weighted by atomic mass is 32.1. The number of nitriles is 1. The van der Waals surface area contributed by atoms with Crippen LogP contribution in [0.25, 0.3) is 11.1 Å². The molecule has 1 aliphatic heterocycles. The van der Waals surface area contributed by atoms with Crippen LogP contribution in [0.3, 0.4) is 0 Å². The number of rotatable bonds is 4. The van der Waals surface area contributed by atoms with E-state index in [1.807, 2.05) is 36.6 Å². The molecule has 6 nitrogen and oxygen atoms in total. The van der Waals surface area contributed by atoms with E-state index in [4.69, 9.17) is 15.4 Å². The average molecular weight is 434 g/mol. The van der Waals surface area contributed by atoms with Gasteiger partial charge in [-0.2, -0.15) is 5.26 Å². The van der Waals surface area contributed by atoms with Crippen molar-refractivity contribution in [2.75, 3.05) is 7.11 Å². The number of ether oxygens (including phenoxy) is 1. The van der Waals surface area contributed by atoms with E-state index < -0.39 is 17.3 Å². The third-order valence-electron chi connectivity index (χ3n) is 5.39. The Labute approximate surface area is 182 Å². The first kappa shape index (κ1) is 20.6. The van der Waals surface area contributed by atoms with Crippen LogP contribution in [0, 0.1) is 22.6 Å². The Kier molecular flexibility index (Phi) is 5.21. The van der Waals surface area contributed by atoms with Gasteiger partial charge in [0.2, 0.25) is 5.91 Å². The fourth-order valence-corrected chi connectivity index (χ4v) is 4.95. The molecule has 0 bridgehead atoms. The van der Waals surface area contributed by atoms with Crippen molar-refractivity contribution in [1.29, 1.82) is 10.7 Å². The van der Waals surface area contributed by atoms with Gasteiger partial charge in [0.25, 0.3) is 0 Å². The van der Waals surface area contributed by atoms with Crippen LogP contribution >= 0.6 is 11.3 Å². The van der Waals surface area contributed by atoms with Crippen molar-refractivity contribution in [3.05, 3.63) is 75.7 Å². The molecule has 4 rings (SSSR count). The minimum Gasteiger partial charge on any atom is -0.497 e. The van der Waals surface area contributed by atoms with E-state index in [0.717, 1.165) is 16.0 Å². The molecule has 1 unspecified atom stereocenters. The fraction of sp³-hybridized carbons (Fsp3) is 0.174. The lowest BCUT2D eigenvalue weighted by Gasteiger charge is -2.41. The number of thiophene rings is 1. The number of benzene rings is 2. The Balaban J connectivity index is 1.78. The van der Waals surface area contributed by atoms with Gasteiger partial charge < -0.3 is 10.1 Å². The largest absolute Gasteiger partial charge is 0.497 e. The summed E-state index contributed by atoms with van der Waals surface area (Å²) in [6.45, 7) is 1.87. The monoisotopic (exact) mass is 434 g/mol. The fourth-order valence-electron chi connectivity index (χ4n) is 3.89. The summed E-state index contributed by atoms with van der Waals surface area (Å²) < 4.78 is 19.1. The maximum atomic E-state index is 13.9. The Bertz CT molecular complexity index is 1220. The highest BCUT2D eigenvalue weighted by molar-refractivity contribution is 7.10. The molecule has 0 aliphatic carbocycles. The number of nitrogens with one attached hydrogen (secondary N) is 3. The SMILES string of the molecule is COc1ccc(C2C(=O)NC(=N)N[C@]2(C)c2cc(-c3cc(F)cc(C#N)c3)cs2)cc1. The lowest BCUT2D eigenvalue weighted by Crippen LogP contribution is -2.62. The van der Waals surface area contributed by atoms with Gasteiger partial charge in [0.05, 0.1) is 30.2 Å². The third-order valence-corrected chi connectivity index (χ3v) is 6.56. The zero-order valence-corrected chi connectivity index (χ0v) is 17.6. The van der Waals surface area contributed by atoms with Gasteiger partial charge in [-0.05, 0) is 65.4 Å². The van der Waals surface area contributed by atoms with Gasteiger partial charge in [0, 0.05) is 4.88 Å². The number of carbonyl (C=O) groups is 1. The summed E-state index contributed by atoms with van der Waals surface area (Å²) in [4.78, 5) is 13.8. The van der Waals surface area contributed by atoms with Crippen LogP contribution in [0.15, 0.2) is 53.9 Å². The quantitative estimate of drug-likeness (QED) is 0.576. The topological polar surface area (TPSA) is 98.0 Å². The van der Waals surface area contributed by atoms with Crippen LogP contribution in [0.1, 0.15) is 28.8 Å². The molecule has 8 heteroatoms.